The van der Waals surface area contributed by atoms with Gasteiger partial charge >= 0.3 is 0 Å². The van der Waals surface area contributed by atoms with Crippen LogP contribution >= 0.6 is 11.6 Å². The minimum absolute atomic E-state index is 0.0631. The van der Waals surface area contributed by atoms with Gasteiger partial charge in [0.2, 0.25) is 6.39 Å². The summed E-state index contributed by atoms with van der Waals surface area (Å²) in [5.41, 5.74) is 0.374. The first-order chi connectivity index (χ1) is 9.19. The first kappa shape index (κ1) is 12.0. The summed E-state index contributed by atoms with van der Waals surface area (Å²) in [6.45, 7) is 0.179. The lowest BCUT2D eigenvalue weighted by atomic mass is 10.3. The molecule has 0 spiro atoms. The monoisotopic (exact) mass is 284 g/mol. The molecule has 0 N–H and O–H groups in total. The Labute approximate surface area is 110 Å². The van der Waals surface area contributed by atoms with Gasteiger partial charge in [0.25, 0.3) is 0 Å². The third-order valence-electron chi connectivity index (χ3n) is 2.68. The molecule has 2 heterocycles. The summed E-state index contributed by atoms with van der Waals surface area (Å²) >= 11 is 5.77. The van der Waals surface area contributed by atoms with E-state index in [0.717, 1.165) is 6.07 Å². The lowest BCUT2D eigenvalue weighted by Crippen LogP contribution is -2.05. The summed E-state index contributed by atoms with van der Waals surface area (Å²) in [4.78, 5) is 7.92. The first-order valence-corrected chi connectivity index (χ1v) is 5.88. The number of rotatable bonds is 3. The summed E-state index contributed by atoms with van der Waals surface area (Å²) in [6, 6.07) is 1.98. The van der Waals surface area contributed by atoms with Crippen LogP contribution in [0.15, 0.2) is 23.0 Å². The molecule has 3 rings (SSSR count). The van der Waals surface area contributed by atoms with Crippen molar-refractivity contribution in [3.05, 3.63) is 41.8 Å². The van der Waals surface area contributed by atoms with Crippen molar-refractivity contribution in [2.45, 2.75) is 12.4 Å². The first-order valence-electron chi connectivity index (χ1n) is 5.34. The van der Waals surface area contributed by atoms with Crippen molar-refractivity contribution in [2.24, 2.45) is 0 Å². The molecule has 0 atom stereocenters. The zero-order valence-corrected chi connectivity index (χ0v) is 10.2. The molecule has 0 bridgehead atoms. The lowest BCUT2D eigenvalue weighted by molar-refractivity contribution is 0.408. The number of hydrogen-bond acceptors (Lipinski definition) is 4. The van der Waals surface area contributed by atoms with E-state index in [-0.39, 0.29) is 17.9 Å². The minimum atomic E-state index is -0.728. The van der Waals surface area contributed by atoms with Crippen LogP contribution in [0.1, 0.15) is 11.6 Å². The van der Waals surface area contributed by atoms with Gasteiger partial charge in [0.15, 0.2) is 11.6 Å². The summed E-state index contributed by atoms with van der Waals surface area (Å²) in [5, 5.41) is 3.65. The molecule has 0 aliphatic carbocycles. The van der Waals surface area contributed by atoms with E-state index in [1.165, 1.54) is 12.5 Å². The maximum Gasteiger partial charge on any atom is 0.213 e. The van der Waals surface area contributed by atoms with Gasteiger partial charge in [-0.25, -0.2) is 13.8 Å². The van der Waals surface area contributed by atoms with E-state index >= 15 is 0 Å². The lowest BCUT2D eigenvalue weighted by Gasteiger charge is -2.04. The molecular formula is C11H7ClF2N4O. The van der Waals surface area contributed by atoms with Gasteiger partial charge in [0.05, 0.1) is 17.9 Å². The fourth-order valence-corrected chi connectivity index (χ4v) is 2.08. The Hall–Kier alpha value is -2.02. The molecule has 0 fully saturated rings. The predicted molar refractivity (Wildman–Crippen MR) is 62.6 cm³/mol. The molecule has 0 amide bonds. The van der Waals surface area contributed by atoms with Crippen molar-refractivity contribution in [1.29, 1.82) is 0 Å². The smallest absolute Gasteiger partial charge is 0.213 e. The van der Waals surface area contributed by atoms with Crippen LogP contribution in [0.3, 0.4) is 0 Å². The third kappa shape index (κ3) is 2.06. The number of hydrogen-bond donors (Lipinski definition) is 0. The van der Waals surface area contributed by atoms with Gasteiger partial charge in [-0.05, 0) is 6.07 Å². The van der Waals surface area contributed by atoms with E-state index in [2.05, 4.69) is 19.6 Å². The topological polar surface area (TPSA) is 56.7 Å². The highest BCUT2D eigenvalue weighted by molar-refractivity contribution is 6.16. The van der Waals surface area contributed by atoms with Crippen LogP contribution in [0.5, 0.6) is 0 Å². The van der Waals surface area contributed by atoms with E-state index in [4.69, 9.17) is 11.6 Å². The molecule has 98 valence electrons. The predicted octanol–water partition coefficient (Wildman–Crippen LogP) is 2.48. The molecule has 0 saturated heterocycles. The maximum atomic E-state index is 13.6. The molecule has 0 aliphatic rings. The second-order valence-electron chi connectivity index (χ2n) is 3.85. The minimum Gasteiger partial charge on any atom is -0.343 e. The highest BCUT2D eigenvalue weighted by atomic mass is 35.5. The molecule has 1 aromatic carbocycles. The van der Waals surface area contributed by atoms with Gasteiger partial charge in [0, 0.05) is 6.07 Å². The second-order valence-corrected chi connectivity index (χ2v) is 4.12. The second kappa shape index (κ2) is 4.58. The van der Waals surface area contributed by atoms with Crippen LogP contribution in [0.25, 0.3) is 11.0 Å². The van der Waals surface area contributed by atoms with Gasteiger partial charge in [-0.1, -0.05) is 5.16 Å². The Balaban J connectivity index is 2.20. The Kier molecular flexibility index (Phi) is 2.90. The third-order valence-corrected chi connectivity index (χ3v) is 2.92. The highest BCUT2D eigenvalue weighted by Gasteiger charge is 2.16. The van der Waals surface area contributed by atoms with Crippen molar-refractivity contribution in [3.63, 3.8) is 0 Å². The SMILES string of the molecule is Fc1cc(F)c2nc(CCl)n(Cc3ncon3)c2c1. The van der Waals surface area contributed by atoms with E-state index in [0.29, 0.717) is 17.2 Å². The van der Waals surface area contributed by atoms with E-state index in [1.54, 1.807) is 4.57 Å². The summed E-state index contributed by atoms with van der Waals surface area (Å²) in [7, 11) is 0. The standard InChI is InChI=1S/C11H7ClF2N4O/c12-3-10-16-11-7(14)1-6(13)2-8(11)18(10)4-9-15-5-19-17-9/h1-2,5H,3-4H2. The van der Waals surface area contributed by atoms with Crippen LogP contribution in [0.4, 0.5) is 8.78 Å². The van der Waals surface area contributed by atoms with Crippen molar-refractivity contribution in [1.82, 2.24) is 19.7 Å². The molecule has 0 aliphatic heterocycles. The number of fused-ring (bicyclic) bond motifs is 1. The van der Waals surface area contributed by atoms with Crippen molar-refractivity contribution < 1.29 is 13.3 Å². The van der Waals surface area contributed by atoms with E-state index in [9.17, 15) is 8.78 Å². The molecule has 5 nitrogen and oxygen atoms in total. The largest absolute Gasteiger partial charge is 0.343 e. The molecule has 0 unspecified atom stereocenters. The number of benzene rings is 1. The maximum absolute atomic E-state index is 13.6. The van der Waals surface area contributed by atoms with Crippen molar-refractivity contribution in [2.75, 3.05) is 0 Å². The fraction of sp³-hybridized carbons (Fsp3) is 0.182. The summed E-state index contributed by atoms with van der Waals surface area (Å²) < 4.78 is 33.1. The number of alkyl halides is 1. The number of imidazole rings is 1. The van der Waals surface area contributed by atoms with Gasteiger partial charge < -0.3 is 9.09 Å². The Bertz CT molecular complexity index is 726. The van der Waals surface area contributed by atoms with Gasteiger partial charge in [-0.2, -0.15) is 4.98 Å². The molecule has 0 saturated carbocycles. The van der Waals surface area contributed by atoms with Gasteiger partial charge in [-0.3, -0.25) is 0 Å². The average Bonchev–Trinajstić information content (AvgIpc) is 2.99. The quantitative estimate of drug-likeness (QED) is 0.693. The Morgan fingerprint density at radius 1 is 1.32 bits per heavy atom. The molecule has 19 heavy (non-hydrogen) atoms. The highest BCUT2D eigenvalue weighted by Crippen LogP contribution is 2.22. The van der Waals surface area contributed by atoms with Crippen LogP contribution < -0.4 is 0 Å². The zero-order valence-electron chi connectivity index (χ0n) is 9.48. The number of aromatic nitrogens is 4. The molecular weight excluding hydrogens is 278 g/mol. The van der Waals surface area contributed by atoms with E-state index < -0.39 is 11.6 Å². The summed E-state index contributed by atoms with van der Waals surface area (Å²) in [5.74, 6) is -0.567. The van der Waals surface area contributed by atoms with E-state index in [1.807, 2.05) is 0 Å². The fourth-order valence-electron chi connectivity index (χ4n) is 1.88. The van der Waals surface area contributed by atoms with Crippen LogP contribution in [0.2, 0.25) is 0 Å². The number of nitrogens with zero attached hydrogens (tertiary/aromatic N) is 4. The molecule has 8 heteroatoms. The Morgan fingerprint density at radius 2 is 2.16 bits per heavy atom. The number of halogens is 3. The van der Waals surface area contributed by atoms with Crippen molar-refractivity contribution >= 4 is 22.6 Å². The van der Waals surface area contributed by atoms with Crippen LogP contribution in [-0.2, 0) is 12.4 Å². The molecule has 2 aromatic heterocycles. The van der Waals surface area contributed by atoms with Gasteiger partial charge in [-0.15, -0.1) is 11.6 Å². The van der Waals surface area contributed by atoms with Crippen LogP contribution in [0, 0.1) is 11.6 Å². The molecule has 3 aromatic rings. The van der Waals surface area contributed by atoms with Crippen molar-refractivity contribution in [3.8, 4) is 0 Å². The molecule has 0 radical (unpaired) electrons. The average molecular weight is 285 g/mol. The zero-order chi connectivity index (χ0) is 13.4. The normalized spacial score (nSPS) is 11.3. The Morgan fingerprint density at radius 3 is 2.84 bits per heavy atom. The van der Waals surface area contributed by atoms with Crippen LogP contribution in [-0.4, -0.2) is 19.7 Å². The van der Waals surface area contributed by atoms with Gasteiger partial charge in [0.1, 0.15) is 17.2 Å². The summed E-state index contributed by atoms with van der Waals surface area (Å²) in [6.07, 6.45) is 1.18.